The molecule has 0 aromatic heterocycles. The third-order valence-electron chi connectivity index (χ3n) is 2.33. The Morgan fingerprint density at radius 1 is 1.12 bits per heavy atom. The Labute approximate surface area is 99.1 Å². The molecule has 0 saturated carbocycles. The summed E-state index contributed by atoms with van der Waals surface area (Å²) in [5.74, 6) is -0.232. The maximum atomic E-state index is 11.0. The van der Waals surface area contributed by atoms with Crippen LogP contribution in [0.5, 0.6) is 5.75 Å². The fourth-order valence-electron chi connectivity index (χ4n) is 1.64. The Bertz CT molecular complexity index is 523. The van der Waals surface area contributed by atoms with E-state index in [1.807, 2.05) is 18.2 Å². The average molecular weight is 239 g/mol. The van der Waals surface area contributed by atoms with Gasteiger partial charge < -0.3 is 9.84 Å². The van der Waals surface area contributed by atoms with Gasteiger partial charge in [0.2, 0.25) is 0 Å². The molecule has 0 heterocycles. The van der Waals surface area contributed by atoms with Crippen molar-refractivity contribution in [2.45, 2.75) is 0 Å². The van der Waals surface area contributed by atoms with Gasteiger partial charge in [0, 0.05) is 5.39 Å². The molecule has 3 nitrogen and oxygen atoms in total. The number of carbonyl (C=O) groups is 1. The number of aromatic carboxylic acids is 1. The standard InChI is InChI=1S/C12H10O3.ClH/c1-15-11-7-6-10(12(13)14)8-4-2-3-5-9(8)11;/h2-7H,1H3,(H,13,14);1H. The van der Waals surface area contributed by atoms with Gasteiger partial charge in [-0.05, 0) is 17.5 Å². The first-order chi connectivity index (χ1) is 7.24. The number of halogens is 1. The molecule has 0 unspecified atom stereocenters. The number of rotatable bonds is 2. The van der Waals surface area contributed by atoms with E-state index >= 15 is 0 Å². The SMILES string of the molecule is COc1ccc(C(=O)O)c2ccccc12.Cl. The molecule has 0 radical (unpaired) electrons. The van der Waals surface area contributed by atoms with Crippen LogP contribution in [-0.2, 0) is 0 Å². The minimum Gasteiger partial charge on any atom is -0.496 e. The first-order valence-corrected chi connectivity index (χ1v) is 4.53. The molecule has 1 N–H and O–H groups in total. The Morgan fingerprint density at radius 3 is 2.31 bits per heavy atom. The van der Waals surface area contributed by atoms with Gasteiger partial charge in [-0.25, -0.2) is 4.79 Å². The van der Waals surface area contributed by atoms with Gasteiger partial charge in [0.25, 0.3) is 0 Å². The van der Waals surface area contributed by atoms with Crippen LogP contribution < -0.4 is 4.74 Å². The van der Waals surface area contributed by atoms with Gasteiger partial charge in [0.05, 0.1) is 12.7 Å². The van der Waals surface area contributed by atoms with Crippen molar-refractivity contribution in [2.75, 3.05) is 7.11 Å². The van der Waals surface area contributed by atoms with Crippen molar-refractivity contribution < 1.29 is 14.6 Å². The van der Waals surface area contributed by atoms with Crippen LogP contribution in [0.3, 0.4) is 0 Å². The molecule has 2 rings (SSSR count). The Hall–Kier alpha value is -1.74. The van der Waals surface area contributed by atoms with E-state index in [1.54, 1.807) is 25.3 Å². The number of fused-ring (bicyclic) bond motifs is 1. The van der Waals surface area contributed by atoms with Crippen molar-refractivity contribution in [3.05, 3.63) is 42.0 Å². The smallest absolute Gasteiger partial charge is 0.336 e. The zero-order valence-corrected chi connectivity index (χ0v) is 9.45. The van der Waals surface area contributed by atoms with Gasteiger partial charge in [-0.2, -0.15) is 0 Å². The van der Waals surface area contributed by atoms with Crippen LogP contribution in [0.4, 0.5) is 0 Å². The molecular formula is C12H11ClO3. The maximum absolute atomic E-state index is 11.0. The van der Waals surface area contributed by atoms with Crippen LogP contribution in [0.2, 0.25) is 0 Å². The Morgan fingerprint density at radius 2 is 1.75 bits per heavy atom. The second kappa shape index (κ2) is 4.86. The number of carboxylic acid groups (broad SMARTS) is 1. The second-order valence-corrected chi connectivity index (χ2v) is 3.17. The number of ether oxygens (including phenoxy) is 1. The number of benzene rings is 2. The molecule has 0 saturated heterocycles. The van der Waals surface area contributed by atoms with Crippen molar-refractivity contribution in [1.29, 1.82) is 0 Å². The maximum Gasteiger partial charge on any atom is 0.336 e. The largest absolute Gasteiger partial charge is 0.496 e. The molecule has 0 atom stereocenters. The van der Waals surface area contributed by atoms with Crippen molar-refractivity contribution in [2.24, 2.45) is 0 Å². The number of carboxylic acids is 1. The van der Waals surface area contributed by atoms with E-state index in [4.69, 9.17) is 9.84 Å². The number of hydrogen-bond acceptors (Lipinski definition) is 2. The number of hydrogen-bond donors (Lipinski definition) is 1. The summed E-state index contributed by atoms with van der Waals surface area (Å²) in [4.78, 5) is 11.0. The van der Waals surface area contributed by atoms with E-state index in [1.165, 1.54) is 0 Å². The summed E-state index contributed by atoms with van der Waals surface area (Å²) in [5, 5.41) is 10.5. The highest BCUT2D eigenvalue weighted by Gasteiger charge is 2.10. The van der Waals surface area contributed by atoms with Gasteiger partial charge in [0.1, 0.15) is 5.75 Å². The first-order valence-electron chi connectivity index (χ1n) is 4.53. The third kappa shape index (κ3) is 1.95. The van der Waals surface area contributed by atoms with Gasteiger partial charge in [-0.1, -0.05) is 24.3 Å². The second-order valence-electron chi connectivity index (χ2n) is 3.17. The van der Waals surface area contributed by atoms with E-state index < -0.39 is 5.97 Å². The van der Waals surface area contributed by atoms with Gasteiger partial charge in [0.15, 0.2) is 0 Å². The lowest BCUT2D eigenvalue weighted by Crippen LogP contribution is -1.98. The van der Waals surface area contributed by atoms with E-state index in [0.29, 0.717) is 16.7 Å². The predicted octanol–water partition coefficient (Wildman–Crippen LogP) is 2.97. The quantitative estimate of drug-likeness (QED) is 0.875. The zero-order valence-electron chi connectivity index (χ0n) is 8.64. The van der Waals surface area contributed by atoms with Crippen LogP contribution in [0.25, 0.3) is 10.8 Å². The molecule has 0 fully saturated rings. The van der Waals surface area contributed by atoms with Crippen molar-refractivity contribution in [3.8, 4) is 5.75 Å². The molecule has 0 spiro atoms. The fourth-order valence-corrected chi connectivity index (χ4v) is 1.64. The topological polar surface area (TPSA) is 46.5 Å². The molecule has 2 aromatic rings. The molecule has 16 heavy (non-hydrogen) atoms. The molecule has 0 aliphatic carbocycles. The molecule has 0 aliphatic rings. The summed E-state index contributed by atoms with van der Waals surface area (Å²) in [7, 11) is 1.57. The van der Waals surface area contributed by atoms with Crippen LogP contribution >= 0.6 is 12.4 Å². The van der Waals surface area contributed by atoms with Crippen molar-refractivity contribution in [1.82, 2.24) is 0 Å². The Balaban J connectivity index is 0.00000128. The molecular weight excluding hydrogens is 228 g/mol. The van der Waals surface area contributed by atoms with E-state index in [2.05, 4.69) is 0 Å². The summed E-state index contributed by atoms with van der Waals surface area (Å²) >= 11 is 0. The van der Waals surface area contributed by atoms with Crippen LogP contribution in [0.15, 0.2) is 36.4 Å². The first kappa shape index (κ1) is 12.3. The minimum atomic E-state index is -0.922. The van der Waals surface area contributed by atoms with E-state index in [-0.39, 0.29) is 12.4 Å². The summed E-state index contributed by atoms with van der Waals surface area (Å²) in [5.41, 5.74) is 0.298. The zero-order chi connectivity index (χ0) is 10.8. The van der Waals surface area contributed by atoms with Crippen molar-refractivity contribution >= 4 is 29.1 Å². The fraction of sp³-hybridized carbons (Fsp3) is 0.0833. The summed E-state index contributed by atoms with van der Waals surface area (Å²) in [6.45, 7) is 0. The van der Waals surface area contributed by atoms with Crippen LogP contribution in [0.1, 0.15) is 10.4 Å². The summed E-state index contributed by atoms with van der Waals surface area (Å²) in [6, 6.07) is 10.5. The molecule has 2 aromatic carbocycles. The summed E-state index contributed by atoms with van der Waals surface area (Å²) < 4.78 is 5.17. The van der Waals surface area contributed by atoms with Gasteiger partial charge in [-0.3, -0.25) is 0 Å². The van der Waals surface area contributed by atoms with Gasteiger partial charge >= 0.3 is 5.97 Å². The highest BCUT2D eigenvalue weighted by molar-refractivity contribution is 6.05. The molecule has 0 aliphatic heterocycles. The Kier molecular flexibility index (Phi) is 3.74. The lowest BCUT2D eigenvalue weighted by atomic mass is 10.0. The van der Waals surface area contributed by atoms with Gasteiger partial charge in [-0.15, -0.1) is 12.4 Å². The van der Waals surface area contributed by atoms with Crippen LogP contribution in [0, 0.1) is 0 Å². The lowest BCUT2D eigenvalue weighted by molar-refractivity contribution is 0.0699. The third-order valence-corrected chi connectivity index (χ3v) is 2.33. The molecule has 0 bridgehead atoms. The normalized spacial score (nSPS) is 9.56. The molecule has 0 amide bonds. The minimum absolute atomic E-state index is 0. The average Bonchev–Trinajstić information content (AvgIpc) is 2.27. The highest BCUT2D eigenvalue weighted by Crippen LogP contribution is 2.28. The molecule has 4 heteroatoms. The van der Waals surface area contributed by atoms with E-state index in [9.17, 15) is 4.79 Å². The summed E-state index contributed by atoms with van der Waals surface area (Å²) in [6.07, 6.45) is 0. The van der Waals surface area contributed by atoms with E-state index in [0.717, 1.165) is 5.39 Å². The number of methoxy groups -OCH3 is 1. The highest BCUT2D eigenvalue weighted by atomic mass is 35.5. The molecule has 84 valence electrons. The van der Waals surface area contributed by atoms with Crippen molar-refractivity contribution in [3.63, 3.8) is 0 Å². The lowest BCUT2D eigenvalue weighted by Gasteiger charge is -2.07. The van der Waals surface area contributed by atoms with Crippen LogP contribution in [-0.4, -0.2) is 18.2 Å². The predicted molar refractivity (Wildman–Crippen MR) is 64.7 cm³/mol. The monoisotopic (exact) mass is 238 g/mol.